The van der Waals surface area contributed by atoms with Gasteiger partial charge in [-0.2, -0.15) is 0 Å². The van der Waals surface area contributed by atoms with Crippen LogP contribution in [0.3, 0.4) is 0 Å². The number of benzene rings is 4. The van der Waals surface area contributed by atoms with Crippen molar-refractivity contribution in [3.8, 4) is 5.69 Å². The van der Waals surface area contributed by atoms with Crippen LogP contribution in [0.2, 0.25) is 6.82 Å². The maximum absolute atomic E-state index is 2.39. The molecule has 2 heteroatoms. The third-order valence-corrected chi connectivity index (χ3v) is 5.17. The highest BCUT2D eigenvalue weighted by atomic mass is 15.0. The smallest absolute Gasteiger partial charge is 0.154 e. The van der Waals surface area contributed by atoms with E-state index in [4.69, 9.17) is 0 Å². The Bertz CT molecular complexity index is 1220. The molecule has 0 N–H and O–H groups in total. The van der Waals surface area contributed by atoms with Crippen LogP contribution in [-0.4, -0.2) is 11.8 Å². The van der Waals surface area contributed by atoms with Crippen LogP contribution in [0, 0.1) is 0 Å². The minimum absolute atomic E-state index is 1.07. The second-order valence-electron chi connectivity index (χ2n) is 6.55. The Morgan fingerprint density at radius 1 is 0.640 bits per heavy atom. The van der Waals surface area contributed by atoms with Gasteiger partial charge in [0.05, 0.1) is 11.0 Å². The average Bonchev–Trinajstić information content (AvgIpc) is 3.03. The number of aromatic nitrogens is 1. The van der Waals surface area contributed by atoms with Gasteiger partial charge in [0.15, 0.2) is 7.28 Å². The molecule has 0 unspecified atom stereocenters. The van der Waals surface area contributed by atoms with E-state index in [1.807, 2.05) is 0 Å². The van der Waals surface area contributed by atoms with E-state index in [-0.39, 0.29) is 0 Å². The fourth-order valence-electron chi connectivity index (χ4n) is 3.90. The van der Waals surface area contributed by atoms with E-state index in [1.54, 1.807) is 0 Å². The highest BCUT2D eigenvalue weighted by Crippen LogP contribution is 2.36. The summed E-state index contributed by atoms with van der Waals surface area (Å²) >= 11 is 0. The van der Waals surface area contributed by atoms with E-state index in [0.29, 0.717) is 0 Å². The number of para-hydroxylation sites is 1. The predicted molar refractivity (Wildman–Crippen MR) is 111 cm³/mol. The fraction of sp³-hybridized carbons (Fsp3) is 0.0435. The molecule has 0 spiro atoms. The van der Waals surface area contributed by atoms with Crippen molar-refractivity contribution in [3.63, 3.8) is 0 Å². The molecule has 0 atom stereocenters. The second-order valence-corrected chi connectivity index (χ2v) is 6.55. The van der Waals surface area contributed by atoms with Crippen LogP contribution < -0.4 is 5.46 Å². The monoisotopic (exact) mass is 319 g/mol. The summed E-state index contributed by atoms with van der Waals surface area (Å²) in [6.45, 7) is 2.20. The fourth-order valence-corrected chi connectivity index (χ4v) is 3.90. The molecule has 1 aromatic heterocycles. The maximum atomic E-state index is 2.39. The van der Waals surface area contributed by atoms with Gasteiger partial charge in [-0.3, -0.25) is 0 Å². The van der Waals surface area contributed by atoms with Gasteiger partial charge >= 0.3 is 0 Å². The van der Waals surface area contributed by atoms with Crippen molar-refractivity contribution in [2.75, 3.05) is 0 Å². The summed E-state index contributed by atoms with van der Waals surface area (Å²) in [5, 5.41) is 5.27. The van der Waals surface area contributed by atoms with E-state index >= 15 is 0 Å². The molecule has 1 heterocycles. The zero-order chi connectivity index (χ0) is 16.8. The molecule has 0 aliphatic rings. The summed E-state index contributed by atoms with van der Waals surface area (Å²) in [4.78, 5) is 0. The number of hydrogen-bond acceptors (Lipinski definition) is 0. The Kier molecular flexibility index (Phi) is 3.17. The van der Waals surface area contributed by atoms with Crippen molar-refractivity contribution in [1.82, 2.24) is 4.57 Å². The zero-order valence-corrected chi connectivity index (χ0v) is 14.2. The van der Waals surface area contributed by atoms with Crippen LogP contribution in [0.1, 0.15) is 0 Å². The van der Waals surface area contributed by atoms with Gasteiger partial charge in [-0.15, -0.1) is 0 Å². The Hall–Kier alpha value is -3.00. The highest BCUT2D eigenvalue weighted by molar-refractivity contribution is 6.51. The Morgan fingerprint density at radius 2 is 1.36 bits per heavy atom. The molecule has 0 fully saturated rings. The first-order valence-electron chi connectivity index (χ1n) is 8.87. The molecule has 0 saturated carbocycles. The Labute approximate surface area is 147 Å². The second kappa shape index (κ2) is 5.53. The lowest BCUT2D eigenvalue weighted by atomic mass is 9.73. The van der Waals surface area contributed by atoms with E-state index in [2.05, 4.69) is 96.3 Å². The number of rotatable bonds is 2. The molecule has 5 aromatic rings. The van der Waals surface area contributed by atoms with Crippen LogP contribution in [0.4, 0.5) is 0 Å². The number of hydrogen-bond donors (Lipinski definition) is 0. The van der Waals surface area contributed by atoms with Crippen LogP contribution in [0.15, 0.2) is 84.9 Å². The number of fused-ring (bicyclic) bond motifs is 5. The predicted octanol–water partition coefficient (Wildman–Crippen LogP) is 5.05. The SMILES string of the molecule is CBc1ccc(-n2c3ccccc3c3c4ccccc4ccc32)cc1. The first-order valence-corrected chi connectivity index (χ1v) is 8.87. The van der Waals surface area contributed by atoms with Crippen molar-refractivity contribution in [3.05, 3.63) is 84.9 Å². The van der Waals surface area contributed by atoms with Crippen LogP contribution in [0.5, 0.6) is 0 Å². The van der Waals surface area contributed by atoms with Crippen LogP contribution >= 0.6 is 0 Å². The lowest BCUT2D eigenvalue weighted by molar-refractivity contribution is 1.18. The molecule has 118 valence electrons. The van der Waals surface area contributed by atoms with E-state index in [9.17, 15) is 0 Å². The molecule has 0 bridgehead atoms. The summed E-state index contributed by atoms with van der Waals surface area (Å²) in [5.74, 6) is 0. The van der Waals surface area contributed by atoms with E-state index < -0.39 is 0 Å². The van der Waals surface area contributed by atoms with Crippen LogP contribution in [-0.2, 0) is 0 Å². The topological polar surface area (TPSA) is 4.93 Å². The first-order chi connectivity index (χ1) is 12.4. The normalized spacial score (nSPS) is 11.4. The summed E-state index contributed by atoms with van der Waals surface area (Å²) < 4.78 is 2.39. The zero-order valence-electron chi connectivity index (χ0n) is 14.2. The van der Waals surface area contributed by atoms with Gasteiger partial charge in [-0.05, 0) is 35.0 Å². The first kappa shape index (κ1) is 14.4. The molecular weight excluding hydrogens is 301 g/mol. The molecule has 25 heavy (non-hydrogen) atoms. The summed E-state index contributed by atoms with van der Waals surface area (Å²) in [7, 11) is 1.07. The summed E-state index contributed by atoms with van der Waals surface area (Å²) in [6, 6.07) is 30.8. The Balaban J connectivity index is 1.95. The molecule has 0 aliphatic carbocycles. The molecule has 5 rings (SSSR count). The Morgan fingerprint density at radius 3 is 2.16 bits per heavy atom. The van der Waals surface area contributed by atoms with Gasteiger partial charge < -0.3 is 4.57 Å². The molecule has 1 nitrogen and oxygen atoms in total. The number of nitrogens with zero attached hydrogens (tertiary/aromatic N) is 1. The standard InChI is InChI=1S/C23H18BN/c1-24-17-11-13-18(14-12-17)25-21-9-5-4-8-20(21)23-19-7-3-2-6-16(19)10-15-22(23)25/h2-15,24H,1H3. The van der Waals surface area contributed by atoms with Gasteiger partial charge in [-0.1, -0.05) is 72.9 Å². The van der Waals surface area contributed by atoms with Crippen molar-refractivity contribution in [1.29, 1.82) is 0 Å². The highest BCUT2D eigenvalue weighted by Gasteiger charge is 2.13. The summed E-state index contributed by atoms with van der Waals surface area (Å²) in [6.07, 6.45) is 0. The van der Waals surface area contributed by atoms with Crippen molar-refractivity contribution in [2.24, 2.45) is 0 Å². The maximum Gasteiger partial charge on any atom is 0.154 e. The molecule has 4 aromatic carbocycles. The van der Waals surface area contributed by atoms with Crippen LogP contribution in [0.25, 0.3) is 38.3 Å². The lowest BCUT2D eigenvalue weighted by Gasteiger charge is -2.09. The van der Waals surface area contributed by atoms with Gasteiger partial charge in [0.1, 0.15) is 0 Å². The minimum Gasteiger partial charge on any atom is -0.309 e. The molecule has 0 radical (unpaired) electrons. The van der Waals surface area contributed by atoms with Gasteiger partial charge in [-0.25, -0.2) is 0 Å². The van der Waals surface area contributed by atoms with E-state index in [0.717, 1.165) is 7.28 Å². The summed E-state index contributed by atoms with van der Waals surface area (Å²) in [5.41, 5.74) is 5.12. The van der Waals surface area contributed by atoms with Crippen molar-refractivity contribution in [2.45, 2.75) is 6.82 Å². The third kappa shape index (κ3) is 2.11. The average molecular weight is 319 g/mol. The quantitative estimate of drug-likeness (QED) is 0.401. The van der Waals surface area contributed by atoms with Crippen molar-refractivity contribution < 1.29 is 0 Å². The minimum atomic E-state index is 1.07. The van der Waals surface area contributed by atoms with Gasteiger partial charge in [0.2, 0.25) is 0 Å². The molecule has 0 amide bonds. The largest absolute Gasteiger partial charge is 0.309 e. The third-order valence-electron chi connectivity index (χ3n) is 5.17. The van der Waals surface area contributed by atoms with Gasteiger partial charge in [0.25, 0.3) is 0 Å². The molecular formula is C23H18BN. The molecule has 0 saturated heterocycles. The lowest BCUT2D eigenvalue weighted by Crippen LogP contribution is -2.09. The van der Waals surface area contributed by atoms with Gasteiger partial charge in [0, 0.05) is 16.5 Å². The molecule has 0 aliphatic heterocycles. The van der Waals surface area contributed by atoms with Crippen molar-refractivity contribution >= 4 is 45.3 Å². The van der Waals surface area contributed by atoms with E-state index in [1.165, 1.54) is 43.7 Å².